The molecule has 0 saturated heterocycles. The van der Waals surface area contributed by atoms with Crippen LogP contribution in [0.5, 0.6) is 0 Å². The van der Waals surface area contributed by atoms with Crippen LogP contribution in [0.3, 0.4) is 0 Å². The Morgan fingerprint density at radius 3 is 2.60 bits per heavy atom. The van der Waals surface area contributed by atoms with Crippen molar-refractivity contribution in [1.29, 1.82) is 0 Å². The first-order valence-electron chi connectivity index (χ1n) is 3.41. The van der Waals surface area contributed by atoms with Crippen LogP contribution in [0.2, 0.25) is 0 Å². The second-order valence-corrected chi connectivity index (χ2v) is 3.04. The molecule has 1 aromatic heterocycles. The van der Waals surface area contributed by atoms with Gasteiger partial charge in [-0.2, -0.15) is 0 Å². The number of furan rings is 1. The molecule has 0 bridgehead atoms. The molecule has 0 radical (unpaired) electrons. The third-order valence-electron chi connectivity index (χ3n) is 1.52. The van der Waals surface area contributed by atoms with Gasteiger partial charge in [0.25, 0.3) is 0 Å². The zero-order chi connectivity index (χ0) is 7.56. The first kappa shape index (κ1) is 7.73. The average Bonchev–Trinajstić information content (AvgIpc) is 2.30. The number of hydrogen-bond donors (Lipinski definition) is 0. The number of thioether (sulfide) groups is 1. The molecule has 0 atom stereocenters. The predicted octanol–water partition coefficient (Wildman–Crippen LogP) is 2.87. The molecular weight excluding hydrogens is 144 g/mol. The molecule has 0 aliphatic rings. The Morgan fingerprint density at radius 2 is 2.30 bits per heavy atom. The van der Waals surface area contributed by atoms with Crippen LogP contribution in [0.15, 0.2) is 15.6 Å². The summed E-state index contributed by atoms with van der Waals surface area (Å²) >= 11 is 1.65. The van der Waals surface area contributed by atoms with E-state index >= 15 is 0 Å². The van der Waals surface area contributed by atoms with Crippen LogP contribution in [-0.4, -0.2) is 6.26 Å². The van der Waals surface area contributed by atoms with Gasteiger partial charge in [0.05, 0.1) is 0 Å². The third kappa shape index (κ3) is 1.37. The molecule has 1 nitrogen and oxygen atoms in total. The lowest BCUT2D eigenvalue weighted by atomic mass is 10.2. The minimum atomic E-state index is 0.992. The van der Waals surface area contributed by atoms with E-state index in [9.17, 15) is 0 Å². The van der Waals surface area contributed by atoms with Gasteiger partial charge in [-0.25, -0.2) is 0 Å². The summed E-state index contributed by atoms with van der Waals surface area (Å²) in [6.45, 7) is 4.19. The van der Waals surface area contributed by atoms with E-state index in [1.807, 2.05) is 6.26 Å². The second-order valence-electron chi connectivity index (χ2n) is 2.23. The monoisotopic (exact) mass is 156 g/mol. The Morgan fingerprint density at radius 1 is 1.60 bits per heavy atom. The fourth-order valence-corrected chi connectivity index (χ4v) is 1.42. The Bertz CT molecular complexity index is 215. The number of aryl methyl sites for hydroxylation is 2. The second kappa shape index (κ2) is 3.15. The normalized spacial score (nSPS) is 10.3. The van der Waals surface area contributed by atoms with E-state index in [0.717, 1.165) is 17.3 Å². The van der Waals surface area contributed by atoms with E-state index in [-0.39, 0.29) is 0 Å². The zero-order valence-corrected chi connectivity index (χ0v) is 7.42. The minimum Gasteiger partial charge on any atom is -0.455 e. The highest BCUT2D eigenvalue weighted by molar-refractivity contribution is 7.98. The maximum Gasteiger partial charge on any atom is 0.160 e. The van der Waals surface area contributed by atoms with Crippen molar-refractivity contribution >= 4 is 11.8 Å². The van der Waals surface area contributed by atoms with Crippen LogP contribution in [0, 0.1) is 6.92 Å². The van der Waals surface area contributed by atoms with Gasteiger partial charge in [0.1, 0.15) is 5.76 Å². The van der Waals surface area contributed by atoms with Gasteiger partial charge in [-0.1, -0.05) is 18.7 Å². The summed E-state index contributed by atoms with van der Waals surface area (Å²) in [5.41, 5.74) is 1.27. The van der Waals surface area contributed by atoms with Crippen LogP contribution < -0.4 is 0 Å². The summed E-state index contributed by atoms with van der Waals surface area (Å²) < 4.78 is 5.48. The van der Waals surface area contributed by atoms with Crippen molar-refractivity contribution in [3.63, 3.8) is 0 Å². The van der Waals surface area contributed by atoms with E-state index in [2.05, 4.69) is 19.9 Å². The quantitative estimate of drug-likeness (QED) is 0.611. The van der Waals surface area contributed by atoms with E-state index < -0.39 is 0 Å². The van der Waals surface area contributed by atoms with Gasteiger partial charge in [0.15, 0.2) is 5.09 Å². The molecule has 0 unspecified atom stereocenters. The first-order chi connectivity index (χ1) is 4.77. The molecule has 0 aromatic carbocycles. The Balaban J connectivity index is 2.92. The minimum absolute atomic E-state index is 0.992. The van der Waals surface area contributed by atoms with Crippen LogP contribution >= 0.6 is 11.8 Å². The molecule has 1 heterocycles. The van der Waals surface area contributed by atoms with Crippen molar-refractivity contribution in [2.75, 3.05) is 6.26 Å². The highest BCUT2D eigenvalue weighted by Crippen LogP contribution is 2.22. The Hall–Kier alpha value is -0.370. The smallest absolute Gasteiger partial charge is 0.160 e. The standard InChI is InChI=1S/C8H12OS/c1-4-7-6(2)5-8(9-7)10-3/h5H,4H2,1-3H3. The van der Waals surface area contributed by atoms with Gasteiger partial charge < -0.3 is 4.42 Å². The van der Waals surface area contributed by atoms with Crippen LogP contribution in [0.4, 0.5) is 0 Å². The predicted molar refractivity (Wildman–Crippen MR) is 44.6 cm³/mol. The molecule has 0 aliphatic heterocycles. The van der Waals surface area contributed by atoms with Crippen molar-refractivity contribution in [2.45, 2.75) is 25.4 Å². The Kier molecular flexibility index (Phi) is 2.44. The Labute approximate surface area is 65.8 Å². The zero-order valence-electron chi connectivity index (χ0n) is 6.60. The molecule has 56 valence electrons. The SMILES string of the molecule is CCc1oc(SC)cc1C. The lowest BCUT2D eigenvalue weighted by molar-refractivity contribution is 0.435. The molecule has 0 amide bonds. The van der Waals surface area contributed by atoms with E-state index in [4.69, 9.17) is 4.42 Å². The van der Waals surface area contributed by atoms with Crippen molar-refractivity contribution in [2.24, 2.45) is 0 Å². The fourth-order valence-electron chi connectivity index (χ4n) is 0.940. The van der Waals surface area contributed by atoms with E-state index in [1.54, 1.807) is 11.8 Å². The van der Waals surface area contributed by atoms with Gasteiger partial charge in [0.2, 0.25) is 0 Å². The fraction of sp³-hybridized carbons (Fsp3) is 0.500. The van der Waals surface area contributed by atoms with Crippen LogP contribution in [0.1, 0.15) is 18.2 Å². The number of hydrogen-bond acceptors (Lipinski definition) is 2. The first-order valence-corrected chi connectivity index (χ1v) is 4.63. The van der Waals surface area contributed by atoms with E-state index in [0.29, 0.717) is 0 Å². The van der Waals surface area contributed by atoms with Crippen LogP contribution in [0.25, 0.3) is 0 Å². The highest BCUT2D eigenvalue weighted by Gasteiger charge is 2.02. The topological polar surface area (TPSA) is 13.1 Å². The van der Waals surface area contributed by atoms with Crippen LogP contribution in [-0.2, 0) is 6.42 Å². The summed E-state index contributed by atoms with van der Waals surface area (Å²) in [5, 5.41) is 1.02. The lowest BCUT2D eigenvalue weighted by Gasteiger charge is -1.88. The average molecular weight is 156 g/mol. The van der Waals surface area contributed by atoms with Gasteiger partial charge in [-0.3, -0.25) is 0 Å². The summed E-state index contributed by atoms with van der Waals surface area (Å²) in [5.74, 6) is 1.12. The summed E-state index contributed by atoms with van der Waals surface area (Å²) in [6, 6.07) is 2.09. The van der Waals surface area contributed by atoms with E-state index in [1.165, 1.54) is 5.56 Å². The van der Waals surface area contributed by atoms with Crippen molar-refractivity contribution in [3.8, 4) is 0 Å². The molecule has 2 heteroatoms. The summed E-state index contributed by atoms with van der Waals surface area (Å²) in [6.07, 6.45) is 3.02. The largest absolute Gasteiger partial charge is 0.455 e. The third-order valence-corrected chi connectivity index (χ3v) is 2.12. The van der Waals surface area contributed by atoms with Crippen molar-refractivity contribution in [1.82, 2.24) is 0 Å². The van der Waals surface area contributed by atoms with Gasteiger partial charge >= 0.3 is 0 Å². The maximum absolute atomic E-state index is 5.48. The van der Waals surface area contributed by atoms with Gasteiger partial charge in [0, 0.05) is 6.42 Å². The molecule has 0 fully saturated rings. The molecule has 1 aromatic rings. The molecule has 10 heavy (non-hydrogen) atoms. The molecule has 0 N–H and O–H groups in total. The van der Waals surface area contributed by atoms with Gasteiger partial charge in [-0.15, -0.1) is 0 Å². The maximum atomic E-state index is 5.48. The van der Waals surface area contributed by atoms with Gasteiger partial charge in [-0.05, 0) is 24.8 Å². The molecular formula is C8H12OS. The van der Waals surface area contributed by atoms with Crippen molar-refractivity contribution in [3.05, 3.63) is 17.4 Å². The molecule has 0 aliphatic carbocycles. The highest BCUT2D eigenvalue weighted by atomic mass is 32.2. The molecule has 0 saturated carbocycles. The molecule has 0 spiro atoms. The molecule has 1 rings (SSSR count). The van der Waals surface area contributed by atoms with Crippen molar-refractivity contribution < 1.29 is 4.42 Å². The lowest BCUT2D eigenvalue weighted by Crippen LogP contribution is -1.75. The summed E-state index contributed by atoms with van der Waals surface area (Å²) in [4.78, 5) is 0. The number of rotatable bonds is 2. The summed E-state index contributed by atoms with van der Waals surface area (Å²) in [7, 11) is 0.